The number of Topliss-reactive ketones (excluding diaryl/α,β-unsaturated/α-hetero) is 1. The van der Waals surface area contributed by atoms with Crippen molar-refractivity contribution in [3.8, 4) is 0 Å². The van der Waals surface area contributed by atoms with E-state index in [-0.39, 0.29) is 17.5 Å². The highest BCUT2D eigenvalue weighted by Gasteiger charge is 2.39. The fraction of sp³-hybridized carbons (Fsp3) is 0.409. The van der Waals surface area contributed by atoms with E-state index in [1.807, 2.05) is 12.1 Å². The summed E-state index contributed by atoms with van der Waals surface area (Å²) in [7, 11) is 0. The Morgan fingerprint density at radius 3 is 1.98 bits per heavy atom. The normalized spacial score (nSPS) is 18.6. The van der Waals surface area contributed by atoms with E-state index in [1.54, 1.807) is 0 Å². The third-order valence-electron chi connectivity index (χ3n) is 10.2. The number of nitrogens with zero attached hydrogens (tertiary/aromatic N) is 2. The summed E-state index contributed by atoms with van der Waals surface area (Å²) in [6.07, 6.45) is 15.1. The highest BCUT2D eigenvalue weighted by molar-refractivity contribution is 6.29. The number of hydrogen-bond acceptors (Lipinski definition) is 3. The fourth-order valence-corrected chi connectivity index (χ4v) is 7.49. The summed E-state index contributed by atoms with van der Waals surface area (Å²) in [6.45, 7) is 17.6. The van der Waals surface area contributed by atoms with E-state index in [4.69, 9.17) is 0 Å². The lowest BCUT2D eigenvalue weighted by molar-refractivity contribution is -0.480. The Kier molecular flexibility index (Phi) is 11.2. The Morgan fingerprint density at radius 1 is 0.792 bits per heavy atom. The van der Waals surface area contributed by atoms with Gasteiger partial charge < -0.3 is 10.0 Å². The van der Waals surface area contributed by atoms with Gasteiger partial charge in [-0.05, 0) is 89.8 Å². The van der Waals surface area contributed by atoms with Gasteiger partial charge in [0.15, 0.2) is 11.8 Å². The van der Waals surface area contributed by atoms with E-state index >= 15 is 0 Å². The summed E-state index contributed by atoms with van der Waals surface area (Å²) in [6, 6.07) is 21.9. The number of aryl methyl sites for hydroxylation is 4. The van der Waals surface area contributed by atoms with Gasteiger partial charge >= 0.3 is 0 Å². The predicted octanol–water partition coefficient (Wildman–Crippen LogP) is 10.0. The van der Waals surface area contributed by atoms with E-state index in [2.05, 4.69) is 138 Å². The van der Waals surface area contributed by atoms with Crippen molar-refractivity contribution >= 4 is 34.1 Å². The van der Waals surface area contributed by atoms with Gasteiger partial charge in [0, 0.05) is 65.0 Å². The molecule has 252 valence electrons. The highest BCUT2D eigenvalue weighted by atomic mass is 16.3. The smallest absolute Gasteiger partial charge is 0.208 e. The zero-order valence-corrected chi connectivity index (χ0v) is 30.3. The van der Waals surface area contributed by atoms with Gasteiger partial charge in [-0.1, -0.05) is 86.7 Å². The van der Waals surface area contributed by atoms with Crippen LogP contribution in [-0.4, -0.2) is 28.2 Å². The molecule has 0 aromatic heterocycles. The molecular formula is C44H54N2O2. The molecule has 48 heavy (non-hydrogen) atoms. The standard InChI is InChI=1S/C44H54N2O2/c1-9-11-13-33(7)45(39-25-15-29(3)27-31(39)5)37-21-17-35(18-22-37)41-43(47)42(44(41)48)36-19-23-38(24-20-36)46(34(8)14-12-10-2)40-26-16-30(4)28-32(40)6/h15-28,33-35,41H,9-14H2,1-8H3. The predicted molar refractivity (Wildman–Crippen MR) is 201 cm³/mol. The first-order valence-electron chi connectivity index (χ1n) is 18.1. The molecule has 0 amide bonds. The number of carbonyl (C=O) groups is 1. The van der Waals surface area contributed by atoms with Crippen molar-refractivity contribution in [2.45, 2.75) is 106 Å². The van der Waals surface area contributed by atoms with Gasteiger partial charge in [0.05, 0.1) is 0 Å². The molecule has 5 rings (SSSR count). The minimum absolute atomic E-state index is 0.0550. The van der Waals surface area contributed by atoms with Crippen molar-refractivity contribution in [1.29, 1.82) is 0 Å². The molecule has 0 spiro atoms. The molecule has 0 heterocycles. The number of rotatable bonds is 13. The third kappa shape index (κ3) is 7.28. The van der Waals surface area contributed by atoms with E-state index in [9.17, 15) is 9.90 Å². The van der Waals surface area contributed by atoms with E-state index in [0.717, 1.165) is 49.9 Å². The van der Waals surface area contributed by atoms with Crippen molar-refractivity contribution < 1.29 is 14.5 Å². The summed E-state index contributed by atoms with van der Waals surface area (Å²) in [4.78, 5) is 16.0. The number of carbonyl (C=O) groups excluding carboxylic acids is 1. The van der Waals surface area contributed by atoms with Gasteiger partial charge in [0.2, 0.25) is 11.4 Å². The van der Waals surface area contributed by atoms with Crippen LogP contribution in [0.1, 0.15) is 94.0 Å². The van der Waals surface area contributed by atoms with Crippen LogP contribution in [0.5, 0.6) is 0 Å². The van der Waals surface area contributed by atoms with Gasteiger partial charge in [-0.3, -0.25) is 4.79 Å². The zero-order chi connectivity index (χ0) is 34.5. The number of ketones is 1. The molecular weight excluding hydrogens is 588 g/mol. The van der Waals surface area contributed by atoms with Crippen LogP contribution in [0, 0.1) is 39.5 Å². The fourth-order valence-electron chi connectivity index (χ4n) is 7.49. The molecule has 0 saturated heterocycles. The molecule has 0 radical (unpaired) electrons. The first kappa shape index (κ1) is 35.1. The molecule has 0 bridgehead atoms. The Hall–Kier alpha value is -4.18. The van der Waals surface area contributed by atoms with E-state index < -0.39 is 5.92 Å². The van der Waals surface area contributed by atoms with Crippen LogP contribution in [0.3, 0.4) is 0 Å². The average molecular weight is 643 g/mol. The second-order valence-corrected chi connectivity index (χ2v) is 14.2. The monoisotopic (exact) mass is 642 g/mol. The first-order valence-corrected chi connectivity index (χ1v) is 18.1. The topological polar surface area (TPSA) is 46.4 Å². The van der Waals surface area contributed by atoms with Crippen LogP contribution < -0.4 is 10.0 Å². The molecule has 3 aromatic rings. The Bertz CT molecular complexity index is 1740. The number of anilines is 2. The SMILES string of the molecule is CCCCC(C)N(c1ccc(C2=C([O-])C(C3C=CC(=[N+](c4ccc(C)cc4C)C(C)CCCC)C=C3)C2=O)cc1)c1ccc(C)cc1C. The van der Waals surface area contributed by atoms with Gasteiger partial charge in [-0.15, -0.1) is 5.76 Å². The Labute approximate surface area is 289 Å². The summed E-state index contributed by atoms with van der Waals surface area (Å²) < 4.78 is 2.42. The quantitative estimate of drug-likeness (QED) is 0.174. The van der Waals surface area contributed by atoms with Gasteiger partial charge in [-0.25, -0.2) is 0 Å². The third-order valence-corrected chi connectivity index (χ3v) is 10.2. The molecule has 4 nitrogen and oxygen atoms in total. The lowest BCUT2D eigenvalue weighted by atomic mass is 9.71. The minimum atomic E-state index is -0.651. The maximum absolute atomic E-state index is 13.6. The molecule has 0 fully saturated rings. The van der Waals surface area contributed by atoms with Crippen LogP contribution in [0.4, 0.5) is 17.1 Å². The Balaban J connectivity index is 1.39. The molecule has 0 aliphatic heterocycles. The Morgan fingerprint density at radius 2 is 1.40 bits per heavy atom. The van der Waals surface area contributed by atoms with Crippen LogP contribution in [-0.2, 0) is 4.79 Å². The maximum Gasteiger partial charge on any atom is 0.208 e. The van der Waals surface area contributed by atoms with Gasteiger partial charge in [0.1, 0.15) is 0 Å². The molecule has 0 N–H and O–H groups in total. The number of hydrogen-bond donors (Lipinski definition) is 0. The minimum Gasteiger partial charge on any atom is -0.874 e. The van der Waals surface area contributed by atoms with Crippen LogP contribution in [0.25, 0.3) is 5.57 Å². The highest BCUT2D eigenvalue weighted by Crippen LogP contribution is 2.42. The summed E-state index contributed by atoms with van der Waals surface area (Å²) in [5.74, 6) is -0.995. The van der Waals surface area contributed by atoms with Crippen LogP contribution in [0.2, 0.25) is 0 Å². The maximum atomic E-state index is 13.6. The largest absolute Gasteiger partial charge is 0.874 e. The van der Waals surface area contributed by atoms with Gasteiger partial charge in [0.25, 0.3) is 0 Å². The van der Waals surface area contributed by atoms with Crippen molar-refractivity contribution in [1.82, 2.24) is 0 Å². The van der Waals surface area contributed by atoms with E-state index in [1.165, 1.54) is 33.6 Å². The molecule has 4 heteroatoms. The number of benzene rings is 3. The number of allylic oxidation sites excluding steroid dienone is 6. The molecule has 0 saturated carbocycles. The lowest BCUT2D eigenvalue weighted by Crippen LogP contribution is -2.41. The second-order valence-electron chi connectivity index (χ2n) is 14.2. The average Bonchev–Trinajstić information content (AvgIpc) is 3.06. The van der Waals surface area contributed by atoms with Gasteiger partial charge in [-0.2, -0.15) is 4.58 Å². The van der Waals surface area contributed by atoms with Crippen LogP contribution in [0.15, 0.2) is 90.7 Å². The van der Waals surface area contributed by atoms with Crippen molar-refractivity contribution in [2.75, 3.05) is 4.90 Å². The molecule has 3 aromatic carbocycles. The zero-order valence-electron chi connectivity index (χ0n) is 30.3. The van der Waals surface area contributed by atoms with Crippen molar-refractivity contribution in [3.63, 3.8) is 0 Å². The lowest BCUT2D eigenvalue weighted by Gasteiger charge is -2.40. The molecule has 3 unspecified atom stereocenters. The van der Waals surface area contributed by atoms with Crippen LogP contribution >= 0.6 is 0 Å². The second kappa shape index (κ2) is 15.4. The van der Waals surface area contributed by atoms with Crippen molar-refractivity contribution in [3.05, 3.63) is 119 Å². The van der Waals surface area contributed by atoms with Crippen molar-refractivity contribution in [2.24, 2.45) is 11.8 Å². The summed E-state index contributed by atoms with van der Waals surface area (Å²) in [5.41, 5.74) is 10.6. The van der Waals surface area contributed by atoms with E-state index in [0.29, 0.717) is 23.2 Å². The first-order chi connectivity index (χ1) is 23.0. The summed E-state index contributed by atoms with van der Waals surface area (Å²) >= 11 is 0. The molecule has 3 atom stereocenters. The summed E-state index contributed by atoms with van der Waals surface area (Å²) in [5, 5.41) is 13.6. The number of unbranched alkanes of at least 4 members (excludes halogenated alkanes) is 2. The molecule has 2 aliphatic carbocycles. The molecule has 2 aliphatic rings.